The van der Waals surface area contributed by atoms with Crippen molar-refractivity contribution in [1.82, 2.24) is 0 Å². The van der Waals surface area contributed by atoms with E-state index in [0.29, 0.717) is 12.3 Å². The van der Waals surface area contributed by atoms with E-state index in [4.69, 9.17) is 0 Å². The lowest BCUT2D eigenvalue weighted by molar-refractivity contribution is -0.196. The molecule has 3 rings (SSSR count). The molecule has 3 unspecified atom stereocenters. The molecule has 0 saturated heterocycles. The molecule has 0 radical (unpaired) electrons. The number of carbonyl (C=O) groups excluding carboxylic acids is 1. The quantitative estimate of drug-likeness (QED) is 0.593. The molecule has 0 aliphatic heterocycles. The lowest BCUT2D eigenvalue weighted by atomic mass is 9.44. The fraction of sp³-hybridized carbons (Fsp3) is 0.900. The van der Waals surface area contributed by atoms with E-state index in [0.717, 1.165) is 6.42 Å². The molecule has 0 heterocycles. The van der Waals surface area contributed by atoms with Crippen LogP contribution in [0.4, 0.5) is 0 Å². The van der Waals surface area contributed by atoms with Gasteiger partial charge in [0.05, 0.1) is 0 Å². The summed E-state index contributed by atoms with van der Waals surface area (Å²) in [5.41, 5.74) is -0.865. The Hall–Kier alpha value is -0.370. The SMILES string of the molecule is CC1(O)C(=O)CC2CC1C2(C)C. The summed E-state index contributed by atoms with van der Waals surface area (Å²) in [4.78, 5) is 11.4. The summed E-state index contributed by atoms with van der Waals surface area (Å²) in [6, 6.07) is 0. The summed E-state index contributed by atoms with van der Waals surface area (Å²) >= 11 is 0. The maximum Gasteiger partial charge on any atom is 0.164 e. The second-order valence-corrected chi connectivity index (χ2v) is 5.08. The largest absolute Gasteiger partial charge is 0.382 e. The van der Waals surface area contributed by atoms with E-state index >= 15 is 0 Å². The molecule has 0 aromatic rings. The molecule has 3 saturated carbocycles. The number of hydrogen-bond donors (Lipinski definition) is 1. The molecule has 3 fully saturated rings. The number of hydrogen-bond acceptors (Lipinski definition) is 2. The van der Waals surface area contributed by atoms with Crippen molar-refractivity contribution in [3.63, 3.8) is 0 Å². The van der Waals surface area contributed by atoms with Crippen molar-refractivity contribution in [1.29, 1.82) is 0 Å². The van der Waals surface area contributed by atoms with Crippen molar-refractivity contribution in [2.45, 2.75) is 39.2 Å². The number of carbonyl (C=O) groups is 1. The number of Topliss-reactive ketones (excluding diaryl/α,β-unsaturated/α-hetero) is 1. The van der Waals surface area contributed by atoms with Gasteiger partial charge in [-0.15, -0.1) is 0 Å². The van der Waals surface area contributed by atoms with Crippen LogP contribution in [0.25, 0.3) is 0 Å². The molecule has 0 aromatic carbocycles. The van der Waals surface area contributed by atoms with Crippen LogP contribution in [0.1, 0.15) is 33.6 Å². The third kappa shape index (κ3) is 0.717. The number of rotatable bonds is 0. The van der Waals surface area contributed by atoms with Crippen LogP contribution < -0.4 is 0 Å². The van der Waals surface area contributed by atoms with Gasteiger partial charge >= 0.3 is 0 Å². The Kier molecular flexibility index (Phi) is 1.32. The molecule has 1 N–H and O–H groups in total. The van der Waals surface area contributed by atoms with Crippen molar-refractivity contribution < 1.29 is 9.90 Å². The van der Waals surface area contributed by atoms with Crippen molar-refractivity contribution in [3.05, 3.63) is 0 Å². The average Bonchev–Trinajstić information content (AvgIpc) is 1.93. The van der Waals surface area contributed by atoms with E-state index in [-0.39, 0.29) is 17.1 Å². The molecular formula is C10H16O2. The van der Waals surface area contributed by atoms with Crippen LogP contribution in [0.2, 0.25) is 0 Å². The topological polar surface area (TPSA) is 37.3 Å². The zero-order chi connectivity index (χ0) is 9.15. The molecule has 3 aliphatic carbocycles. The Bertz CT molecular complexity index is 240. The van der Waals surface area contributed by atoms with Crippen LogP contribution in [0.5, 0.6) is 0 Å². The molecule has 3 aliphatic rings. The summed E-state index contributed by atoms with van der Waals surface area (Å²) in [6.07, 6.45) is 1.61. The van der Waals surface area contributed by atoms with Gasteiger partial charge in [0.25, 0.3) is 0 Å². The molecule has 0 amide bonds. The Balaban J connectivity index is 2.33. The normalized spacial score (nSPS) is 50.2. The second-order valence-electron chi connectivity index (χ2n) is 5.08. The molecule has 68 valence electrons. The number of aliphatic hydroxyl groups is 1. The highest BCUT2D eigenvalue weighted by atomic mass is 16.3. The molecule has 0 aromatic heterocycles. The van der Waals surface area contributed by atoms with Gasteiger partial charge in [0.15, 0.2) is 5.78 Å². The predicted octanol–water partition coefficient (Wildman–Crippen LogP) is 1.37. The highest BCUT2D eigenvalue weighted by Gasteiger charge is 2.62. The van der Waals surface area contributed by atoms with E-state index in [1.54, 1.807) is 6.92 Å². The fourth-order valence-electron chi connectivity index (χ4n) is 2.94. The molecule has 3 atom stereocenters. The number of fused-ring (bicyclic) bond motifs is 2. The van der Waals surface area contributed by atoms with Crippen LogP contribution in [0, 0.1) is 17.3 Å². The lowest BCUT2D eigenvalue weighted by Gasteiger charge is -2.61. The summed E-state index contributed by atoms with van der Waals surface area (Å²) < 4.78 is 0. The lowest BCUT2D eigenvalue weighted by Crippen LogP contribution is -2.64. The molecule has 12 heavy (non-hydrogen) atoms. The minimum atomic E-state index is -1.04. The first-order valence-electron chi connectivity index (χ1n) is 4.62. The monoisotopic (exact) mass is 168 g/mol. The minimum absolute atomic E-state index is 0.0445. The van der Waals surface area contributed by atoms with Crippen LogP contribution in [-0.4, -0.2) is 16.5 Å². The standard InChI is InChI=1S/C10H16O2/c1-9(2)6-4-7(9)10(3,12)8(11)5-6/h6-7,12H,4-5H2,1-3H3. The van der Waals surface area contributed by atoms with Gasteiger partial charge in [0.1, 0.15) is 5.60 Å². The Morgan fingerprint density at radius 2 is 2.00 bits per heavy atom. The molecular weight excluding hydrogens is 152 g/mol. The van der Waals surface area contributed by atoms with Gasteiger partial charge < -0.3 is 5.11 Å². The van der Waals surface area contributed by atoms with E-state index < -0.39 is 5.60 Å². The second kappa shape index (κ2) is 1.92. The summed E-state index contributed by atoms with van der Waals surface area (Å²) in [5, 5.41) is 9.94. The van der Waals surface area contributed by atoms with Gasteiger partial charge in [-0.05, 0) is 24.7 Å². The van der Waals surface area contributed by atoms with Crippen LogP contribution in [0.15, 0.2) is 0 Å². The van der Waals surface area contributed by atoms with Crippen LogP contribution >= 0.6 is 0 Å². The van der Waals surface area contributed by atoms with Gasteiger partial charge in [-0.2, -0.15) is 0 Å². The highest BCUT2D eigenvalue weighted by Crippen LogP contribution is 2.61. The predicted molar refractivity (Wildman–Crippen MR) is 45.6 cm³/mol. The van der Waals surface area contributed by atoms with E-state index in [9.17, 15) is 9.90 Å². The van der Waals surface area contributed by atoms with Gasteiger partial charge in [-0.1, -0.05) is 13.8 Å². The maximum atomic E-state index is 11.4. The first kappa shape index (κ1) is 8.24. The first-order valence-corrected chi connectivity index (χ1v) is 4.62. The first-order chi connectivity index (χ1) is 5.37. The molecule has 0 spiro atoms. The van der Waals surface area contributed by atoms with Crippen LogP contribution in [0.3, 0.4) is 0 Å². The summed E-state index contributed by atoms with van der Waals surface area (Å²) in [6.45, 7) is 6.00. The fourth-order valence-corrected chi connectivity index (χ4v) is 2.94. The molecule has 2 nitrogen and oxygen atoms in total. The van der Waals surface area contributed by atoms with Crippen molar-refractivity contribution >= 4 is 5.78 Å². The van der Waals surface area contributed by atoms with E-state index in [2.05, 4.69) is 13.8 Å². The van der Waals surface area contributed by atoms with E-state index in [1.807, 2.05) is 0 Å². The number of ketones is 1. The Morgan fingerprint density at radius 3 is 2.33 bits per heavy atom. The van der Waals surface area contributed by atoms with Gasteiger partial charge in [0.2, 0.25) is 0 Å². The summed E-state index contributed by atoms with van der Waals surface area (Å²) in [7, 11) is 0. The Morgan fingerprint density at radius 1 is 1.42 bits per heavy atom. The van der Waals surface area contributed by atoms with Crippen molar-refractivity contribution in [2.75, 3.05) is 0 Å². The summed E-state index contributed by atoms with van der Waals surface area (Å²) in [5.74, 6) is 0.759. The minimum Gasteiger partial charge on any atom is -0.382 e. The van der Waals surface area contributed by atoms with Crippen molar-refractivity contribution in [3.8, 4) is 0 Å². The van der Waals surface area contributed by atoms with Crippen LogP contribution in [-0.2, 0) is 4.79 Å². The molecule has 2 bridgehead atoms. The van der Waals surface area contributed by atoms with Gasteiger partial charge in [0, 0.05) is 12.3 Å². The Labute approximate surface area is 73.0 Å². The zero-order valence-electron chi connectivity index (χ0n) is 7.92. The van der Waals surface area contributed by atoms with Gasteiger partial charge in [-0.25, -0.2) is 0 Å². The zero-order valence-corrected chi connectivity index (χ0v) is 7.92. The molecule has 2 heteroatoms. The maximum absolute atomic E-state index is 11.4. The highest BCUT2D eigenvalue weighted by molar-refractivity contribution is 5.89. The third-order valence-corrected chi connectivity index (χ3v) is 4.15. The third-order valence-electron chi connectivity index (χ3n) is 4.15. The smallest absolute Gasteiger partial charge is 0.164 e. The van der Waals surface area contributed by atoms with Crippen molar-refractivity contribution in [2.24, 2.45) is 17.3 Å². The van der Waals surface area contributed by atoms with E-state index in [1.165, 1.54) is 0 Å². The average molecular weight is 168 g/mol. The van der Waals surface area contributed by atoms with Gasteiger partial charge in [-0.3, -0.25) is 4.79 Å².